The first-order valence-electron chi connectivity index (χ1n) is 9.07. The molecule has 0 radical (unpaired) electrons. The minimum absolute atomic E-state index is 0.0628. The molecule has 28 heavy (non-hydrogen) atoms. The number of nitrogens with zero attached hydrogens (tertiary/aromatic N) is 3. The SMILES string of the molecule is Cc1ccccc1C(=O)NCC(=O)N1CCN(c2ccccc2[N+](=O)[O-])CC1. The number of anilines is 1. The summed E-state index contributed by atoms with van der Waals surface area (Å²) in [5.41, 5.74) is 2.03. The number of hydrogen-bond donors (Lipinski definition) is 1. The maximum absolute atomic E-state index is 12.4. The summed E-state index contributed by atoms with van der Waals surface area (Å²) >= 11 is 0. The van der Waals surface area contributed by atoms with Crippen molar-refractivity contribution < 1.29 is 14.5 Å². The highest BCUT2D eigenvalue weighted by atomic mass is 16.6. The minimum Gasteiger partial charge on any atom is -0.362 e. The maximum atomic E-state index is 12.4. The summed E-state index contributed by atoms with van der Waals surface area (Å²) in [6.07, 6.45) is 0. The van der Waals surface area contributed by atoms with Crippen LogP contribution in [0.4, 0.5) is 11.4 Å². The monoisotopic (exact) mass is 382 g/mol. The number of piperazine rings is 1. The first kappa shape index (κ1) is 19.3. The van der Waals surface area contributed by atoms with Crippen molar-refractivity contribution >= 4 is 23.2 Å². The van der Waals surface area contributed by atoms with Gasteiger partial charge in [0.15, 0.2) is 0 Å². The molecular formula is C20H22N4O4. The minimum atomic E-state index is -0.395. The third-order valence-electron chi connectivity index (χ3n) is 4.84. The Bertz CT molecular complexity index is 891. The predicted molar refractivity (Wildman–Crippen MR) is 105 cm³/mol. The molecule has 0 spiro atoms. The highest BCUT2D eigenvalue weighted by molar-refractivity contribution is 5.97. The van der Waals surface area contributed by atoms with E-state index in [1.54, 1.807) is 35.2 Å². The molecule has 146 valence electrons. The lowest BCUT2D eigenvalue weighted by Crippen LogP contribution is -2.51. The average molecular weight is 382 g/mol. The summed E-state index contributed by atoms with van der Waals surface area (Å²) in [5.74, 6) is -0.436. The van der Waals surface area contributed by atoms with Crippen molar-refractivity contribution in [2.45, 2.75) is 6.92 Å². The van der Waals surface area contributed by atoms with Crippen LogP contribution in [0.5, 0.6) is 0 Å². The lowest BCUT2D eigenvalue weighted by atomic mass is 10.1. The summed E-state index contributed by atoms with van der Waals surface area (Å²) in [6, 6.07) is 13.8. The zero-order valence-electron chi connectivity index (χ0n) is 15.6. The Labute approximate surface area is 162 Å². The van der Waals surface area contributed by atoms with Crippen molar-refractivity contribution in [3.05, 3.63) is 69.8 Å². The van der Waals surface area contributed by atoms with Gasteiger partial charge in [0.25, 0.3) is 11.6 Å². The number of carbonyl (C=O) groups excluding carboxylic acids is 2. The molecule has 1 N–H and O–H groups in total. The number of nitro groups is 1. The Balaban J connectivity index is 1.54. The molecule has 0 unspecified atom stereocenters. The molecule has 1 heterocycles. The fourth-order valence-electron chi connectivity index (χ4n) is 3.27. The first-order chi connectivity index (χ1) is 13.5. The number of nitrogens with one attached hydrogen (secondary N) is 1. The molecule has 8 heteroatoms. The van der Waals surface area contributed by atoms with Crippen molar-refractivity contribution in [2.24, 2.45) is 0 Å². The summed E-state index contributed by atoms with van der Waals surface area (Å²) in [6.45, 7) is 3.68. The molecule has 0 aromatic heterocycles. The molecule has 1 aliphatic rings. The van der Waals surface area contributed by atoms with E-state index in [2.05, 4.69) is 5.32 Å². The molecule has 8 nitrogen and oxygen atoms in total. The number of aryl methyl sites for hydroxylation is 1. The Morgan fingerprint density at radius 2 is 1.68 bits per heavy atom. The molecule has 0 aliphatic carbocycles. The number of carbonyl (C=O) groups is 2. The van der Waals surface area contributed by atoms with Crippen LogP contribution >= 0.6 is 0 Å². The second-order valence-electron chi connectivity index (χ2n) is 6.61. The molecule has 1 saturated heterocycles. The van der Waals surface area contributed by atoms with Crippen LogP contribution in [0, 0.1) is 17.0 Å². The largest absolute Gasteiger partial charge is 0.362 e. The first-order valence-corrected chi connectivity index (χ1v) is 9.07. The second kappa shape index (κ2) is 8.51. The van der Waals surface area contributed by atoms with Gasteiger partial charge < -0.3 is 15.1 Å². The van der Waals surface area contributed by atoms with Crippen molar-refractivity contribution in [1.82, 2.24) is 10.2 Å². The van der Waals surface area contributed by atoms with Crippen molar-refractivity contribution in [3.63, 3.8) is 0 Å². The summed E-state index contributed by atoms with van der Waals surface area (Å²) in [4.78, 5) is 39.0. The second-order valence-corrected chi connectivity index (χ2v) is 6.61. The van der Waals surface area contributed by atoms with E-state index in [4.69, 9.17) is 0 Å². The summed E-state index contributed by atoms with van der Waals surface area (Å²) in [7, 11) is 0. The lowest BCUT2D eigenvalue weighted by molar-refractivity contribution is -0.384. The van der Waals surface area contributed by atoms with Crippen LogP contribution in [0.3, 0.4) is 0 Å². The molecule has 0 atom stereocenters. The van der Waals surface area contributed by atoms with Gasteiger partial charge in [-0.15, -0.1) is 0 Å². The zero-order valence-corrected chi connectivity index (χ0v) is 15.6. The molecule has 2 aromatic rings. The van der Waals surface area contributed by atoms with Crippen molar-refractivity contribution in [2.75, 3.05) is 37.6 Å². The molecule has 2 aromatic carbocycles. The standard InChI is InChI=1S/C20H22N4O4/c1-15-6-2-3-7-16(15)20(26)21-14-19(25)23-12-10-22(11-13-23)17-8-4-5-9-18(17)24(27)28/h2-9H,10-14H2,1H3,(H,21,26). The molecule has 1 fully saturated rings. The number of rotatable bonds is 5. The lowest BCUT2D eigenvalue weighted by Gasteiger charge is -2.35. The molecular weight excluding hydrogens is 360 g/mol. The van der Waals surface area contributed by atoms with Crippen LogP contribution in [0.15, 0.2) is 48.5 Å². The summed E-state index contributed by atoms with van der Waals surface area (Å²) < 4.78 is 0. The molecule has 0 saturated carbocycles. The van der Waals surface area contributed by atoms with Gasteiger partial charge in [-0.1, -0.05) is 30.3 Å². The van der Waals surface area contributed by atoms with Crippen LogP contribution in [0.25, 0.3) is 0 Å². The topological polar surface area (TPSA) is 95.8 Å². The van der Waals surface area contributed by atoms with Gasteiger partial charge in [0.1, 0.15) is 5.69 Å². The number of para-hydroxylation sites is 2. The maximum Gasteiger partial charge on any atom is 0.292 e. The van der Waals surface area contributed by atoms with Crippen LogP contribution in [0.2, 0.25) is 0 Å². The smallest absolute Gasteiger partial charge is 0.292 e. The third kappa shape index (κ3) is 4.28. The van der Waals surface area contributed by atoms with E-state index in [1.807, 2.05) is 24.0 Å². The Morgan fingerprint density at radius 1 is 1.04 bits per heavy atom. The molecule has 1 aliphatic heterocycles. The van der Waals surface area contributed by atoms with Gasteiger partial charge in [-0.05, 0) is 24.6 Å². The van der Waals surface area contributed by atoms with Crippen LogP contribution in [-0.2, 0) is 4.79 Å². The number of nitro benzene ring substituents is 1. The van der Waals surface area contributed by atoms with Gasteiger partial charge >= 0.3 is 0 Å². The summed E-state index contributed by atoms with van der Waals surface area (Å²) in [5, 5.41) is 13.9. The average Bonchev–Trinajstić information content (AvgIpc) is 2.72. The molecule has 2 amide bonds. The van der Waals surface area contributed by atoms with Gasteiger partial charge in [0, 0.05) is 37.8 Å². The van der Waals surface area contributed by atoms with Gasteiger partial charge in [-0.3, -0.25) is 19.7 Å². The van der Waals surface area contributed by atoms with Gasteiger partial charge in [0.2, 0.25) is 5.91 Å². The van der Waals surface area contributed by atoms with Crippen LogP contribution in [0.1, 0.15) is 15.9 Å². The third-order valence-corrected chi connectivity index (χ3v) is 4.84. The van der Waals surface area contributed by atoms with E-state index in [-0.39, 0.29) is 24.0 Å². The van der Waals surface area contributed by atoms with Gasteiger partial charge in [-0.2, -0.15) is 0 Å². The Kier molecular flexibility index (Phi) is 5.88. The number of benzene rings is 2. The number of amides is 2. The van der Waals surface area contributed by atoms with E-state index in [9.17, 15) is 19.7 Å². The normalized spacial score (nSPS) is 13.9. The van der Waals surface area contributed by atoms with E-state index < -0.39 is 4.92 Å². The highest BCUT2D eigenvalue weighted by Gasteiger charge is 2.25. The highest BCUT2D eigenvalue weighted by Crippen LogP contribution is 2.28. The predicted octanol–water partition coefficient (Wildman–Crippen LogP) is 1.98. The molecule has 0 bridgehead atoms. The quantitative estimate of drug-likeness (QED) is 0.630. The Morgan fingerprint density at radius 3 is 2.36 bits per heavy atom. The Hall–Kier alpha value is -3.42. The van der Waals surface area contributed by atoms with Crippen molar-refractivity contribution in [1.29, 1.82) is 0 Å². The van der Waals surface area contributed by atoms with Crippen LogP contribution < -0.4 is 10.2 Å². The molecule has 3 rings (SSSR count). The van der Waals surface area contributed by atoms with E-state index in [0.29, 0.717) is 37.4 Å². The number of hydrogen-bond acceptors (Lipinski definition) is 5. The fraction of sp³-hybridized carbons (Fsp3) is 0.300. The van der Waals surface area contributed by atoms with E-state index in [0.717, 1.165) is 5.56 Å². The van der Waals surface area contributed by atoms with Gasteiger partial charge in [-0.25, -0.2) is 0 Å². The van der Waals surface area contributed by atoms with Gasteiger partial charge in [0.05, 0.1) is 11.5 Å². The van der Waals surface area contributed by atoms with E-state index >= 15 is 0 Å². The fourth-order valence-corrected chi connectivity index (χ4v) is 3.27. The van der Waals surface area contributed by atoms with E-state index in [1.165, 1.54) is 6.07 Å². The van der Waals surface area contributed by atoms with Crippen molar-refractivity contribution in [3.8, 4) is 0 Å². The zero-order chi connectivity index (χ0) is 20.1. The van der Waals surface area contributed by atoms with Crippen LogP contribution in [-0.4, -0.2) is 54.4 Å².